The van der Waals surface area contributed by atoms with Crippen molar-refractivity contribution in [2.75, 3.05) is 33.5 Å². The van der Waals surface area contributed by atoms with Crippen LogP contribution in [0.3, 0.4) is 0 Å². The van der Waals surface area contributed by atoms with E-state index in [0.29, 0.717) is 6.04 Å². The van der Waals surface area contributed by atoms with Gasteiger partial charge in [-0.3, -0.25) is 0 Å². The fourth-order valence-corrected chi connectivity index (χ4v) is 1.78. The van der Waals surface area contributed by atoms with Crippen molar-refractivity contribution in [3.63, 3.8) is 0 Å². The van der Waals surface area contributed by atoms with Crippen LogP contribution in [0.15, 0.2) is 0 Å². The van der Waals surface area contributed by atoms with E-state index in [-0.39, 0.29) is 0 Å². The van der Waals surface area contributed by atoms with E-state index >= 15 is 0 Å². The zero-order valence-corrected chi connectivity index (χ0v) is 11.0. The number of rotatable bonds is 10. The molecule has 1 N–H and O–H groups in total. The van der Waals surface area contributed by atoms with Crippen LogP contribution in [0.4, 0.5) is 0 Å². The van der Waals surface area contributed by atoms with Crippen LogP contribution in [0.25, 0.3) is 0 Å². The largest absolute Gasteiger partial charge is 0.383 e. The highest BCUT2D eigenvalue weighted by Gasteiger charge is 2.30. The Hall–Kier alpha value is -0.120. The van der Waals surface area contributed by atoms with Gasteiger partial charge in [0, 0.05) is 26.3 Å². The van der Waals surface area contributed by atoms with E-state index in [1.807, 2.05) is 0 Å². The molecule has 0 aromatic rings. The number of methoxy groups -OCH3 is 1. The van der Waals surface area contributed by atoms with Gasteiger partial charge < -0.3 is 14.8 Å². The van der Waals surface area contributed by atoms with Gasteiger partial charge in [-0.05, 0) is 31.1 Å². The summed E-state index contributed by atoms with van der Waals surface area (Å²) < 4.78 is 10.8. The molecule has 0 aromatic heterocycles. The van der Waals surface area contributed by atoms with E-state index < -0.39 is 0 Å². The lowest BCUT2D eigenvalue weighted by Gasteiger charge is -2.17. The van der Waals surface area contributed by atoms with Crippen LogP contribution in [0.1, 0.15) is 33.1 Å². The molecule has 1 unspecified atom stereocenters. The van der Waals surface area contributed by atoms with Crippen molar-refractivity contribution in [2.45, 2.75) is 39.2 Å². The normalized spacial score (nSPS) is 18.0. The minimum Gasteiger partial charge on any atom is -0.383 e. The monoisotopic (exact) mass is 229 g/mol. The molecule has 0 amide bonds. The first-order valence-corrected chi connectivity index (χ1v) is 6.54. The fraction of sp³-hybridized carbons (Fsp3) is 1.00. The third kappa shape index (κ3) is 6.46. The van der Waals surface area contributed by atoms with Crippen molar-refractivity contribution in [1.29, 1.82) is 0 Å². The second kappa shape index (κ2) is 8.04. The Morgan fingerprint density at radius 3 is 2.56 bits per heavy atom. The minimum atomic E-state index is 0.540. The molecule has 1 atom stereocenters. The average molecular weight is 229 g/mol. The van der Waals surface area contributed by atoms with Crippen molar-refractivity contribution >= 4 is 0 Å². The highest BCUT2D eigenvalue weighted by molar-refractivity contribution is 4.86. The molecule has 1 aliphatic rings. The minimum absolute atomic E-state index is 0.540. The van der Waals surface area contributed by atoms with Crippen LogP contribution in [0, 0.1) is 11.8 Å². The second-order valence-corrected chi connectivity index (χ2v) is 5.15. The molecular formula is C13H27NO2. The Morgan fingerprint density at radius 1 is 1.25 bits per heavy atom. The summed E-state index contributed by atoms with van der Waals surface area (Å²) in [5, 5.41) is 3.52. The lowest BCUT2D eigenvalue weighted by molar-refractivity contribution is 0.113. The second-order valence-electron chi connectivity index (χ2n) is 5.15. The summed E-state index contributed by atoms with van der Waals surface area (Å²) in [5.41, 5.74) is 0. The molecule has 1 aliphatic carbocycles. The molecule has 16 heavy (non-hydrogen) atoms. The molecule has 1 fully saturated rings. The molecule has 0 aromatic carbocycles. The number of hydrogen-bond acceptors (Lipinski definition) is 3. The Morgan fingerprint density at radius 2 is 2.00 bits per heavy atom. The maximum atomic E-state index is 5.57. The zero-order valence-electron chi connectivity index (χ0n) is 11.0. The molecule has 1 saturated carbocycles. The van der Waals surface area contributed by atoms with Gasteiger partial charge in [-0.1, -0.05) is 13.8 Å². The van der Waals surface area contributed by atoms with Gasteiger partial charge in [0.1, 0.15) is 0 Å². The number of hydrogen-bond donors (Lipinski definition) is 1. The van der Waals surface area contributed by atoms with Gasteiger partial charge in [0.25, 0.3) is 0 Å². The summed E-state index contributed by atoms with van der Waals surface area (Å²) in [6.45, 7) is 7.93. The summed E-state index contributed by atoms with van der Waals surface area (Å²) in [6, 6.07) is 0.540. The first-order chi connectivity index (χ1) is 7.74. The maximum absolute atomic E-state index is 5.57. The summed E-state index contributed by atoms with van der Waals surface area (Å²) in [4.78, 5) is 0. The lowest BCUT2D eigenvalue weighted by atomic mass is 10.1. The standard InChI is InChI=1S/C13H27NO2/c1-11(2)6-8-16-9-7-14-13(10-15-3)12-4-5-12/h11-14H,4-10H2,1-3H3. The van der Waals surface area contributed by atoms with E-state index in [9.17, 15) is 0 Å². The van der Waals surface area contributed by atoms with E-state index in [1.165, 1.54) is 12.8 Å². The van der Waals surface area contributed by atoms with E-state index in [0.717, 1.165) is 44.6 Å². The Kier molecular flexibility index (Phi) is 7.01. The molecule has 0 spiro atoms. The van der Waals surface area contributed by atoms with Crippen molar-refractivity contribution in [2.24, 2.45) is 11.8 Å². The van der Waals surface area contributed by atoms with Crippen molar-refractivity contribution in [3.8, 4) is 0 Å². The van der Waals surface area contributed by atoms with Crippen LogP contribution >= 0.6 is 0 Å². The first kappa shape index (κ1) is 13.9. The molecule has 0 aliphatic heterocycles. The zero-order chi connectivity index (χ0) is 11.8. The molecule has 3 nitrogen and oxygen atoms in total. The first-order valence-electron chi connectivity index (χ1n) is 6.54. The molecule has 0 radical (unpaired) electrons. The highest BCUT2D eigenvalue weighted by atomic mass is 16.5. The Bertz CT molecular complexity index is 169. The van der Waals surface area contributed by atoms with Crippen molar-refractivity contribution < 1.29 is 9.47 Å². The third-order valence-corrected chi connectivity index (χ3v) is 3.03. The van der Waals surface area contributed by atoms with Gasteiger partial charge >= 0.3 is 0 Å². The van der Waals surface area contributed by atoms with Crippen molar-refractivity contribution in [3.05, 3.63) is 0 Å². The summed E-state index contributed by atoms with van der Waals surface area (Å²) in [5.74, 6) is 1.58. The molecular weight excluding hydrogens is 202 g/mol. The topological polar surface area (TPSA) is 30.5 Å². The molecule has 3 heteroatoms. The summed E-state index contributed by atoms with van der Waals surface area (Å²) >= 11 is 0. The Balaban J connectivity index is 1.92. The number of ether oxygens (including phenoxy) is 2. The van der Waals surface area contributed by atoms with Gasteiger partial charge in [-0.15, -0.1) is 0 Å². The van der Waals surface area contributed by atoms with E-state index in [4.69, 9.17) is 9.47 Å². The highest BCUT2D eigenvalue weighted by Crippen LogP contribution is 2.32. The van der Waals surface area contributed by atoms with Gasteiger partial charge in [-0.25, -0.2) is 0 Å². The van der Waals surface area contributed by atoms with E-state index in [1.54, 1.807) is 7.11 Å². The molecule has 96 valence electrons. The molecule has 0 bridgehead atoms. The van der Waals surface area contributed by atoms with Crippen LogP contribution in [0.2, 0.25) is 0 Å². The third-order valence-electron chi connectivity index (χ3n) is 3.03. The van der Waals surface area contributed by atoms with E-state index in [2.05, 4.69) is 19.2 Å². The maximum Gasteiger partial charge on any atom is 0.0618 e. The lowest BCUT2D eigenvalue weighted by Crippen LogP contribution is -2.37. The predicted octanol–water partition coefficient (Wildman–Crippen LogP) is 2.06. The average Bonchev–Trinajstić information content (AvgIpc) is 3.04. The fourth-order valence-electron chi connectivity index (χ4n) is 1.78. The van der Waals surface area contributed by atoms with Gasteiger partial charge in [-0.2, -0.15) is 0 Å². The summed E-state index contributed by atoms with van der Waals surface area (Å²) in [6.07, 6.45) is 3.87. The van der Waals surface area contributed by atoms with Crippen molar-refractivity contribution in [1.82, 2.24) is 5.32 Å². The molecule has 0 saturated heterocycles. The Labute approximate surface area is 99.9 Å². The van der Waals surface area contributed by atoms with Crippen LogP contribution in [-0.2, 0) is 9.47 Å². The number of nitrogens with one attached hydrogen (secondary N) is 1. The van der Waals surface area contributed by atoms with Gasteiger partial charge in [0.2, 0.25) is 0 Å². The van der Waals surface area contributed by atoms with Crippen LogP contribution in [-0.4, -0.2) is 39.5 Å². The summed E-state index contributed by atoms with van der Waals surface area (Å²) in [7, 11) is 1.77. The SMILES string of the molecule is COCC(NCCOCCC(C)C)C1CC1. The molecule has 0 heterocycles. The van der Waals surface area contributed by atoms with Gasteiger partial charge in [0.15, 0.2) is 0 Å². The molecule has 1 rings (SSSR count). The van der Waals surface area contributed by atoms with Crippen LogP contribution in [0.5, 0.6) is 0 Å². The predicted molar refractivity (Wildman–Crippen MR) is 66.7 cm³/mol. The van der Waals surface area contributed by atoms with Crippen LogP contribution < -0.4 is 5.32 Å². The quantitative estimate of drug-likeness (QED) is 0.582. The van der Waals surface area contributed by atoms with Gasteiger partial charge in [0.05, 0.1) is 13.2 Å². The smallest absolute Gasteiger partial charge is 0.0618 e.